The third-order valence-corrected chi connectivity index (χ3v) is 2.71. The van der Waals surface area contributed by atoms with Crippen LogP contribution >= 0.6 is 0 Å². The van der Waals surface area contributed by atoms with Crippen molar-refractivity contribution in [3.05, 3.63) is 0 Å². The van der Waals surface area contributed by atoms with Gasteiger partial charge in [0.1, 0.15) is 5.92 Å². The van der Waals surface area contributed by atoms with Crippen molar-refractivity contribution in [2.75, 3.05) is 26.8 Å². The number of hydrogen-bond donors (Lipinski definition) is 1. The summed E-state index contributed by atoms with van der Waals surface area (Å²) >= 11 is 0. The first-order chi connectivity index (χ1) is 7.60. The second-order valence-corrected chi connectivity index (χ2v) is 3.65. The minimum atomic E-state index is -1.01. The van der Waals surface area contributed by atoms with E-state index in [1.807, 2.05) is 0 Å². The molecule has 0 spiro atoms. The Balaban J connectivity index is 2.67. The SMILES string of the molecule is CCOC(=O)C1CN(C(=O)O)CCC1OC. The highest BCUT2D eigenvalue weighted by Crippen LogP contribution is 2.21. The molecule has 1 rings (SSSR count). The van der Waals surface area contributed by atoms with E-state index < -0.39 is 12.0 Å². The average Bonchev–Trinajstić information content (AvgIpc) is 2.28. The van der Waals surface area contributed by atoms with E-state index in [1.54, 1.807) is 6.92 Å². The fourth-order valence-electron chi connectivity index (χ4n) is 1.86. The lowest BCUT2D eigenvalue weighted by molar-refractivity contribution is -0.155. The summed E-state index contributed by atoms with van der Waals surface area (Å²) in [6.07, 6.45) is -0.745. The second-order valence-electron chi connectivity index (χ2n) is 3.65. The van der Waals surface area contributed by atoms with Crippen LogP contribution in [0.3, 0.4) is 0 Å². The molecule has 2 atom stereocenters. The smallest absolute Gasteiger partial charge is 0.407 e. The van der Waals surface area contributed by atoms with Crippen molar-refractivity contribution in [3.63, 3.8) is 0 Å². The second kappa shape index (κ2) is 5.69. The third kappa shape index (κ3) is 2.85. The van der Waals surface area contributed by atoms with Gasteiger partial charge in [-0.2, -0.15) is 0 Å². The lowest BCUT2D eigenvalue weighted by Crippen LogP contribution is -2.49. The molecule has 2 unspecified atom stereocenters. The van der Waals surface area contributed by atoms with Crippen LogP contribution in [-0.4, -0.2) is 55.0 Å². The Kier molecular flexibility index (Phi) is 4.54. The van der Waals surface area contributed by atoms with Crippen LogP contribution < -0.4 is 0 Å². The van der Waals surface area contributed by atoms with Crippen LogP contribution in [0.4, 0.5) is 4.79 Å². The highest BCUT2D eigenvalue weighted by Gasteiger charge is 2.37. The monoisotopic (exact) mass is 231 g/mol. The van der Waals surface area contributed by atoms with E-state index in [-0.39, 0.29) is 18.6 Å². The highest BCUT2D eigenvalue weighted by molar-refractivity contribution is 5.75. The number of carbonyl (C=O) groups is 2. The molecule has 1 aliphatic heterocycles. The van der Waals surface area contributed by atoms with Crippen molar-refractivity contribution in [1.29, 1.82) is 0 Å². The van der Waals surface area contributed by atoms with Gasteiger partial charge < -0.3 is 19.5 Å². The molecule has 1 saturated heterocycles. The predicted octanol–water partition coefficient (Wildman–Crippen LogP) is 0.564. The maximum Gasteiger partial charge on any atom is 0.407 e. The Morgan fingerprint density at radius 2 is 2.19 bits per heavy atom. The Hall–Kier alpha value is -1.30. The first-order valence-electron chi connectivity index (χ1n) is 5.27. The molecule has 0 aliphatic carbocycles. The van der Waals surface area contributed by atoms with Crippen molar-refractivity contribution in [2.45, 2.75) is 19.4 Å². The topological polar surface area (TPSA) is 76.1 Å². The van der Waals surface area contributed by atoms with Crippen molar-refractivity contribution < 1.29 is 24.2 Å². The van der Waals surface area contributed by atoms with Crippen LogP contribution in [-0.2, 0) is 14.3 Å². The largest absolute Gasteiger partial charge is 0.466 e. The highest BCUT2D eigenvalue weighted by atomic mass is 16.5. The molecule has 1 heterocycles. The standard InChI is InChI=1S/C10H17NO5/c1-3-16-9(12)7-6-11(10(13)14)5-4-8(7)15-2/h7-8H,3-6H2,1-2H3,(H,13,14). The maximum atomic E-state index is 11.6. The van der Waals surface area contributed by atoms with E-state index in [9.17, 15) is 9.59 Å². The Labute approximate surface area is 94.1 Å². The summed E-state index contributed by atoms with van der Waals surface area (Å²) in [6.45, 7) is 2.55. The number of piperidine rings is 1. The molecule has 0 radical (unpaired) electrons. The molecule has 0 aromatic rings. The molecule has 1 fully saturated rings. The number of amides is 1. The lowest BCUT2D eigenvalue weighted by atomic mass is 9.95. The fourth-order valence-corrected chi connectivity index (χ4v) is 1.86. The molecule has 16 heavy (non-hydrogen) atoms. The summed E-state index contributed by atoms with van der Waals surface area (Å²) in [6, 6.07) is 0. The Morgan fingerprint density at radius 1 is 1.50 bits per heavy atom. The minimum Gasteiger partial charge on any atom is -0.466 e. The van der Waals surface area contributed by atoms with Gasteiger partial charge in [0.15, 0.2) is 0 Å². The van der Waals surface area contributed by atoms with Gasteiger partial charge in [0, 0.05) is 20.2 Å². The van der Waals surface area contributed by atoms with Gasteiger partial charge in [0.2, 0.25) is 0 Å². The van der Waals surface area contributed by atoms with E-state index in [2.05, 4.69) is 0 Å². The molecule has 0 aromatic heterocycles. The van der Waals surface area contributed by atoms with Crippen LogP contribution in [0.25, 0.3) is 0 Å². The number of rotatable bonds is 3. The van der Waals surface area contributed by atoms with Crippen LogP contribution in [0, 0.1) is 5.92 Å². The molecule has 1 amide bonds. The van der Waals surface area contributed by atoms with Crippen molar-refractivity contribution in [2.24, 2.45) is 5.92 Å². The molecule has 0 aromatic carbocycles. The van der Waals surface area contributed by atoms with E-state index in [0.717, 1.165) is 0 Å². The summed E-state index contributed by atoms with van der Waals surface area (Å²) in [5.74, 6) is -0.907. The summed E-state index contributed by atoms with van der Waals surface area (Å²) < 4.78 is 10.1. The van der Waals surface area contributed by atoms with E-state index in [4.69, 9.17) is 14.6 Å². The van der Waals surface area contributed by atoms with Gasteiger partial charge in [-0.1, -0.05) is 0 Å². The number of hydrogen-bond acceptors (Lipinski definition) is 4. The van der Waals surface area contributed by atoms with Gasteiger partial charge in [-0.15, -0.1) is 0 Å². The number of ether oxygens (including phenoxy) is 2. The predicted molar refractivity (Wildman–Crippen MR) is 55.1 cm³/mol. The Morgan fingerprint density at radius 3 is 2.69 bits per heavy atom. The van der Waals surface area contributed by atoms with Gasteiger partial charge in [0.05, 0.1) is 12.7 Å². The maximum absolute atomic E-state index is 11.6. The van der Waals surface area contributed by atoms with Crippen molar-refractivity contribution in [1.82, 2.24) is 4.90 Å². The molecule has 6 nitrogen and oxygen atoms in total. The zero-order valence-corrected chi connectivity index (χ0v) is 9.51. The molecule has 1 N–H and O–H groups in total. The molecule has 1 aliphatic rings. The average molecular weight is 231 g/mol. The molecule has 0 bridgehead atoms. The fraction of sp³-hybridized carbons (Fsp3) is 0.800. The van der Waals surface area contributed by atoms with Gasteiger partial charge in [-0.05, 0) is 13.3 Å². The molecular weight excluding hydrogens is 214 g/mol. The molecule has 92 valence electrons. The Bertz CT molecular complexity index is 268. The van der Waals surface area contributed by atoms with E-state index in [0.29, 0.717) is 19.6 Å². The normalized spacial score (nSPS) is 25.2. The molecular formula is C10H17NO5. The summed E-state index contributed by atoms with van der Waals surface area (Å²) in [5, 5.41) is 8.86. The minimum absolute atomic E-state index is 0.146. The van der Waals surface area contributed by atoms with Crippen LogP contribution in [0.5, 0.6) is 0 Å². The van der Waals surface area contributed by atoms with Gasteiger partial charge >= 0.3 is 12.1 Å². The molecule has 0 saturated carbocycles. The first kappa shape index (κ1) is 12.8. The number of methoxy groups -OCH3 is 1. The first-order valence-corrected chi connectivity index (χ1v) is 5.27. The van der Waals surface area contributed by atoms with Crippen LogP contribution in [0.2, 0.25) is 0 Å². The van der Waals surface area contributed by atoms with Crippen LogP contribution in [0.1, 0.15) is 13.3 Å². The summed E-state index contributed by atoms with van der Waals surface area (Å²) in [5.41, 5.74) is 0. The number of carbonyl (C=O) groups excluding carboxylic acids is 1. The quantitative estimate of drug-likeness (QED) is 0.718. The van der Waals surface area contributed by atoms with E-state index >= 15 is 0 Å². The zero-order valence-electron chi connectivity index (χ0n) is 9.51. The number of nitrogens with zero attached hydrogens (tertiary/aromatic N) is 1. The van der Waals surface area contributed by atoms with Crippen molar-refractivity contribution >= 4 is 12.1 Å². The summed E-state index contributed by atoms with van der Waals surface area (Å²) in [4.78, 5) is 23.6. The van der Waals surface area contributed by atoms with Crippen LogP contribution in [0.15, 0.2) is 0 Å². The van der Waals surface area contributed by atoms with Gasteiger partial charge in [-0.3, -0.25) is 4.79 Å². The summed E-state index contributed by atoms with van der Waals surface area (Å²) in [7, 11) is 1.52. The van der Waals surface area contributed by atoms with E-state index in [1.165, 1.54) is 12.0 Å². The van der Waals surface area contributed by atoms with Crippen molar-refractivity contribution in [3.8, 4) is 0 Å². The third-order valence-electron chi connectivity index (χ3n) is 2.71. The number of carboxylic acid groups (broad SMARTS) is 1. The number of esters is 1. The lowest BCUT2D eigenvalue weighted by Gasteiger charge is -2.34. The molecule has 6 heteroatoms. The van der Waals surface area contributed by atoms with Gasteiger partial charge in [0.25, 0.3) is 0 Å². The van der Waals surface area contributed by atoms with Gasteiger partial charge in [-0.25, -0.2) is 4.79 Å². The zero-order chi connectivity index (χ0) is 12.1. The number of likely N-dealkylation sites (tertiary alicyclic amines) is 1.